The van der Waals surface area contributed by atoms with Crippen molar-refractivity contribution in [2.75, 3.05) is 49.5 Å². The average molecular weight is 493 g/mol. The van der Waals surface area contributed by atoms with Gasteiger partial charge in [0, 0.05) is 50.9 Å². The number of carbonyl (C=O) groups is 1. The minimum Gasteiger partial charge on any atom is -0.389 e. The second kappa shape index (κ2) is 9.72. The first kappa shape index (κ1) is 22.7. The number of piperazine rings is 1. The third-order valence-electron chi connectivity index (χ3n) is 7.46. The van der Waals surface area contributed by atoms with Gasteiger partial charge in [-0.25, -0.2) is 9.97 Å². The molecule has 184 valence electrons. The van der Waals surface area contributed by atoms with Gasteiger partial charge in [0.05, 0.1) is 27.6 Å². The second-order valence-electron chi connectivity index (χ2n) is 9.87. The Morgan fingerprint density at radius 1 is 1.06 bits per heavy atom. The van der Waals surface area contributed by atoms with Crippen molar-refractivity contribution in [2.45, 2.75) is 44.1 Å². The summed E-state index contributed by atoms with van der Waals surface area (Å²) >= 11 is 1.55. The van der Waals surface area contributed by atoms with E-state index < -0.39 is 6.10 Å². The number of nitrogens with one attached hydrogen (secondary N) is 2. The van der Waals surface area contributed by atoms with Crippen molar-refractivity contribution >= 4 is 44.7 Å². The summed E-state index contributed by atoms with van der Waals surface area (Å²) < 4.78 is 1.04. The van der Waals surface area contributed by atoms with Crippen molar-refractivity contribution in [3.05, 3.63) is 41.0 Å². The zero-order valence-electron chi connectivity index (χ0n) is 19.9. The number of likely N-dealkylation sites (tertiary alicyclic amines) is 1. The molecular formula is C26H32N6O2S. The molecule has 3 aliphatic rings. The highest BCUT2D eigenvalue weighted by Gasteiger charge is 2.34. The number of carbonyl (C=O) groups excluding carboxylic acids is 1. The Balaban J connectivity index is 1.28. The van der Waals surface area contributed by atoms with Gasteiger partial charge in [0.25, 0.3) is 5.91 Å². The zero-order valence-corrected chi connectivity index (χ0v) is 20.7. The summed E-state index contributed by atoms with van der Waals surface area (Å²) in [5.74, 6) is 1.95. The van der Waals surface area contributed by atoms with Gasteiger partial charge in [-0.3, -0.25) is 4.79 Å². The third-order valence-corrected chi connectivity index (χ3v) is 8.60. The van der Waals surface area contributed by atoms with Crippen LogP contribution in [-0.4, -0.2) is 71.3 Å². The molecule has 2 saturated heterocycles. The molecule has 0 radical (unpaired) electrons. The standard InChI is InChI=1S/C26H32N6O2S/c33-19-15-32(16-19)26(34)25-24(17-4-2-1-3-5-17)20-12-23(29-14-21(20)35-25)30-22-7-6-18(13-28-22)31-10-8-27-9-11-31/h6-7,12-14,17,19,27,33H,1-5,8-11,15-16H2,(H,28,29,30). The van der Waals surface area contributed by atoms with E-state index in [9.17, 15) is 9.90 Å². The summed E-state index contributed by atoms with van der Waals surface area (Å²) in [7, 11) is 0. The lowest BCUT2D eigenvalue weighted by atomic mass is 9.82. The fourth-order valence-electron chi connectivity index (χ4n) is 5.51. The van der Waals surface area contributed by atoms with Crippen molar-refractivity contribution in [2.24, 2.45) is 0 Å². The molecule has 8 nitrogen and oxygen atoms in total. The molecule has 5 heterocycles. The zero-order chi connectivity index (χ0) is 23.8. The van der Waals surface area contributed by atoms with Gasteiger partial charge in [0.2, 0.25) is 0 Å². The van der Waals surface area contributed by atoms with Crippen molar-refractivity contribution in [1.29, 1.82) is 0 Å². The van der Waals surface area contributed by atoms with Gasteiger partial charge < -0.3 is 25.5 Å². The van der Waals surface area contributed by atoms with Crippen LogP contribution in [0.3, 0.4) is 0 Å². The molecule has 35 heavy (non-hydrogen) atoms. The SMILES string of the molecule is O=C(c1sc2cnc(Nc3ccc(N4CCNCC4)cn3)cc2c1C1CCCCC1)N1CC(O)C1. The molecule has 6 rings (SSSR count). The van der Waals surface area contributed by atoms with Gasteiger partial charge in [0.15, 0.2) is 0 Å². The van der Waals surface area contributed by atoms with Crippen molar-refractivity contribution in [3.63, 3.8) is 0 Å². The topological polar surface area (TPSA) is 93.6 Å². The molecule has 1 saturated carbocycles. The highest BCUT2D eigenvalue weighted by Crippen LogP contribution is 2.43. The number of hydrogen-bond acceptors (Lipinski definition) is 8. The highest BCUT2D eigenvalue weighted by atomic mass is 32.1. The number of anilines is 3. The van der Waals surface area contributed by atoms with Crippen LogP contribution in [0.15, 0.2) is 30.6 Å². The van der Waals surface area contributed by atoms with E-state index in [-0.39, 0.29) is 5.91 Å². The molecule has 3 aromatic rings. The smallest absolute Gasteiger partial charge is 0.264 e. The number of aromatic nitrogens is 2. The molecule has 0 unspecified atom stereocenters. The summed E-state index contributed by atoms with van der Waals surface area (Å²) in [6.07, 6.45) is 9.33. The van der Waals surface area contributed by atoms with Crippen LogP contribution in [0.1, 0.15) is 53.3 Å². The lowest BCUT2D eigenvalue weighted by Gasteiger charge is -2.36. The molecule has 3 aromatic heterocycles. The number of aliphatic hydroxyl groups excluding tert-OH is 1. The van der Waals surface area contributed by atoms with Gasteiger partial charge in [-0.1, -0.05) is 19.3 Å². The summed E-state index contributed by atoms with van der Waals surface area (Å²) in [5, 5.41) is 17.6. The summed E-state index contributed by atoms with van der Waals surface area (Å²) in [6.45, 7) is 4.83. The first-order valence-electron chi connectivity index (χ1n) is 12.7. The van der Waals surface area contributed by atoms with E-state index in [1.165, 1.54) is 24.8 Å². The Kier molecular flexibility index (Phi) is 6.30. The molecule has 2 aliphatic heterocycles. The van der Waals surface area contributed by atoms with Gasteiger partial charge in [-0.2, -0.15) is 0 Å². The van der Waals surface area contributed by atoms with E-state index in [0.29, 0.717) is 19.0 Å². The maximum absolute atomic E-state index is 13.3. The van der Waals surface area contributed by atoms with Gasteiger partial charge >= 0.3 is 0 Å². The third kappa shape index (κ3) is 4.60. The van der Waals surface area contributed by atoms with E-state index in [0.717, 1.165) is 71.3 Å². The second-order valence-corrected chi connectivity index (χ2v) is 10.9. The largest absolute Gasteiger partial charge is 0.389 e. The predicted octanol–water partition coefficient (Wildman–Crippen LogP) is 3.71. The van der Waals surface area contributed by atoms with E-state index in [4.69, 9.17) is 0 Å². The first-order valence-corrected chi connectivity index (χ1v) is 13.6. The Bertz CT molecular complexity index is 1190. The average Bonchev–Trinajstić information content (AvgIpc) is 3.27. The molecule has 1 aliphatic carbocycles. The molecule has 3 N–H and O–H groups in total. The van der Waals surface area contributed by atoms with E-state index >= 15 is 0 Å². The Labute approximate surface area is 209 Å². The number of fused-ring (bicyclic) bond motifs is 1. The molecular weight excluding hydrogens is 460 g/mol. The Morgan fingerprint density at radius 2 is 1.83 bits per heavy atom. The fraction of sp³-hybridized carbons (Fsp3) is 0.500. The van der Waals surface area contributed by atoms with Crippen LogP contribution in [0.2, 0.25) is 0 Å². The first-order chi connectivity index (χ1) is 17.2. The molecule has 1 amide bonds. The van der Waals surface area contributed by atoms with Gasteiger partial charge in [0.1, 0.15) is 11.6 Å². The number of hydrogen-bond donors (Lipinski definition) is 3. The number of amides is 1. The molecule has 0 aromatic carbocycles. The molecule has 3 fully saturated rings. The normalized spacial score (nSPS) is 19.7. The number of pyridine rings is 2. The molecule has 9 heteroatoms. The fourth-order valence-corrected chi connectivity index (χ4v) is 6.72. The van der Waals surface area contributed by atoms with Crippen molar-refractivity contribution in [1.82, 2.24) is 20.2 Å². The number of aliphatic hydroxyl groups is 1. The molecule has 0 atom stereocenters. The number of β-amino-alcohol motifs (C(OH)–C–C–N with tert-alkyl or cyclic N) is 1. The number of thiophene rings is 1. The summed E-state index contributed by atoms with van der Waals surface area (Å²) in [4.78, 5) is 27.5. The molecule has 0 spiro atoms. The van der Waals surface area contributed by atoms with Crippen LogP contribution >= 0.6 is 11.3 Å². The van der Waals surface area contributed by atoms with Crippen LogP contribution in [0, 0.1) is 0 Å². The quantitative estimate of drug-likeness (QED) is 0.500. The van der Waals surface area contributed by atoms with Gasteiger partial charge in [-0.05, 0) is 42.5 Å². The van der Waals surface area contributed by atoms with E-state index in [1.807, 2.05) is 18.5 Å². The predicted molar refractivity (Wildman–Crippen MR) is 140 cm³/mol. The van der Waals surface area contributed by atoms with Crippen LogP contribution in [-0.2, 0) is 0 Å². The van der Waals surface area contributed by atoms with Crippen LogP contribution in [0.4, 0.5) is 17.3 Å². The van der Waals surface area contributed by atoms with Crippen LogP contribution in [0.25, 0.3) is 10.1 Å². The monoisotopic (exact) mass is 492 g/mol. The minimum absolute atomic E-state index is 0.0525. The van der Waals surface area contributed by atoms with Gasteiger partial charge in [-0.15, -0.1) is 11.3 Å². The lowest BCUT2D eigenvalue weighted by Crippen LogP contribution is -2.53. The summed E-state index contributed by atoms with van der Waals surface area (Å²) in [5.41, 5.74) is 2.32. The van der Waals surface area contributed by atoms with E-state index in [1.54, 1.807) is 16.2 Å². The number of rotatable bonds is 5. The van der Waals surface area contributed by atoms with Crippen molar-refractivity contribution < 1.29 is 9.90 Å². The van der Waals surface area contributed by atoms with Crippen molar-refractivity contribution in [3.8, 4) is 0 Å². The Morgan fingerprint density at radius 3 is 2.54 bits per heavy atom. The Hall–Kier alpha value is -2.75. The maximum Gasteiger partial charge on any atom is 0.264 e. The minimum atomic E-state index is -0.394. The van der Waals surface area contributed by atoms with E-state index in [2.05, 4.69) is 37.6 Å². The summed E-state index contributed by atoms with van der Waals surface area (Å²) in [6, 6.07) is 6.20. The van der Waals surface area contributed by atoms with Crippen LogP contribution in [0.5, 0.6) is 0 Å². The molecule has 0 bridgehead atoms. The van der Waals surface area contributed by atoms with Crippen LogP contribution < -0.4 is 15.5 Å². The lowest BCUT2D eigenvalue weighted by molar-refractivity contribution is 0.00613. The number of nitrogens with zero attached hydrogens (tertiary/aromatic N) is 4. The maximum atomic E-state index is 13.3. The highest BCUT2D eigenvalue weighted by molar-refractivity contribution is 7.21.